The van der Waals surface area contributed by atoms with Crippen LogP contribution < -0.4 is 0 Å². The van der Waals surface area contributed by atoms with E-state index in [2.05, 4.69) is 196 Å². The van der Waals surface area contributed by atoms with E-state index in [1.54, 1.807) is 0 Å². The highest BCUT2D eigenvalue weighted by atomic mass is 14.8. The molecule has 2 heteroatoms. The van der Waals surface area contributed by atoms with Crippen molar-refractivity contribution >= 4 is 39.2 Å². The molecule has 0 radical (unpaired) electrons. The minimum absolute atomic E-state index is 0.0326. The number of aliphatic imine (C=N–C) groups is 1. The van der Waals surface area contributed by atoms with Crippen LogP contribution in [0.5, 0.6) is 0 Å². The van der Waals surface area contributed by atoms with Crippen molar-refractivity contribution in [2.75, 3.05) is 0 Å². The number of allylic oxidation sites excluding steroid dienone is 1. The van der Waals surface area contributed by atoms with Gasteiger partial charge in [-0.3, -0.25) is 5.41 Å². The monoisotopic (exact) mass is 754 g/mol. The first-order valence-corrected chi connectivity index (χ1v) is 20.3. The fourth-order valence-electron chi connectivity index (χ4n) is 8.92. The predicted octanol–water partition coefficient (Wildman–Crippen LogP) is 14.8. The molecule has 10 rings (SSSR count). The first kappa shape index (κ1) is 36.0. The van der Waals surface area contributed by atoms with Crippen LogP contribution >= 0.6 is 0 Å². The summed E-state index contributed by atoms with van der Waals surface area (Å²) in [4.78, 5) is 4.95. The van der Waals surface area contributed by atoms with Crippen LogP contribution in [0.15, 0.2) is 211 Å². The lowest BCUT2D eigenvalue weighted by Gasteiger charge is -2.21. The Balaban J connectivity index is 1.01. The molecule has 0 bridgehead atoms. The third kappa shape index (κ3) is 6.59. The van der Waals surface area contributed by atoms with Crippen molar-refractivity contribution in [3.63, 3.8) is 0 Å². The number of fused-ring (bicyclic) bond motifs is 5. The normalized spacial score (nSPS) is 13.2. The Kier molecular flexibility index (Phi) is 9.03. The van der Waals surface area contributed by atoms with E-state index in [0.29, 0.717) is 0 Å². The van der Waals surface area contributed by atoms with E-state index in [-0.39, 0.29) is 11.3 Å². The molecular weight excluding hydrogens is 713 g/mol. The summed E-state index contributed by atoms with van der Waals surface area (Å²) >= 11 is 0. The van der Waals surface area contributed by atoms with E-state index >= 15 is 0 Å². The largest absolute Gasteiger partial charge is 0.282 e. The van der Waals surface area contributed by atoms with Gasteiger partial charge >= 0.3 is 0 Å². The molecule has 0 spiro atoms. The lowest BCUT2D eigenvalue weighted by Crippen LogP contribution is -2.14. The first-order valence-electron chi connectivity index (χ1n) is 20.3. The molecule has 1 N–H and O–H groups in total. The second-order valence-corrected chi connectivity index (χ2v) is 15.9. The topological polar surface area (TPSA) is 36.2 Å². The number of hydrogen-bond donors (Lipinski definition) is 1. The molecular formula is C57H42N2. The summed E-state index contributed by atoms with van der Waals surface area (Å²) < 4.78 is 0. The maximum Gasteiger partial charge on any atom is 0.152 e. The molecule has 9 aromatic rings. The molecule has 2 nitrogen and oxygen atoms in total. The third-order valence-electron chi connectivity index (χ3n) is 12.0. The highest BCUT2D eigenvalue weighted by molar-refractivity contribution is 6.18. The van der Waals surface area contributed by atoms with Gasteiger partial charge in [0.2, 0.25) is 0 Å². The minimum atomic E-state index is -0.0326. The smallest absolute Gasteiger partial charge is 0.152 e. The van der Waals surface area contributed by atoms with Crippen LogP contribution in [-0.4, -0.2) is 11.5 Å². The Morgan fingerprint density at radius 1 is 0.458 bits per heavy atom. The Hall–Kier alpha value is -7.42. The van der Waals surface area contributed by atoms with Gasteiger partial charge in [0.15, 0.2) is 5.84 Å². The van der Waals surface area contributed by atoms with Crippen LogP contribution in [0.2, 0.25) is 0 Å². The van der Waals surface area contributed by atoms with Crippen molar-refractivity contribution in [1.82, 2.24) is 0 Å². The second kappa shape index (κ2) is 14.8. The SMILES string of the molecule is CC1(C)c2ccccc2-c2c(-c3ccc(-c4ccc(/C=C/C(=NC(=N)c5ccccc5)c5cccc(-c6ccc7ccccc7c6)c5)c5ccccc45)cc3)cccc21. The molecule has 0 amide bonds. The highest BCUT2D eigenvalue weighted by Crippen LogP contribution is 2.52. The number of benzene rings is 9. The second-order valence-electron chi connectivity index (χ2n) is 15.9. The average Bonchev–Trinajstić information content (AvgIpc) is 3.53. The molecule has 0 saturated carbocycles. The van der Waals surface area contributed by atoms with Crippen LogP contribution in [0.4, 0.5) is 0 Å². The summed E-state index contributed by atoms with van der Waals surface area (Å²) in [5, 5.41) is 13.8. The molecule has 0 aromatic heterocycles. The van der Waals surface area contributed by atoms with Crippen LogP contribution in [0.3, 0.4) is 0 Å². The van der Waals surface area contributed by atoms with Crippen molar-refractivity contribution in [3.8, 4) is 44.5 Å². The maximum atomic E-state index is 8.99. The van der Waals surface area contributed by atoms with Gasteiger partial charge in [0, 0.05) is 16.5 Å². The zero-order valence-corrected chi connectivity index (χ0v) is 33.2. The Morgan fingerprint density at radius 2 is 1.07 bits per heavy atom. The molecule has 0 fully saturated rings. The van der Waals surface area contributed by atoms with E-state index in [4.69, 9.17) is 10.4 Å². The van der Waals surface area contributed by atoms with Crippen molar-refractivity contribution in [1.29, 1.82) is 5.41 Å². The quantitative estimate of drug-likeness (QED) is 0.124. The molecule has 1 aliphatic carbocycles. The maximum absolute atomic E-state index is 8.99. The Bertz CT molecular complexity index is 3130. The fourth-order valence-corrected chi connectivity index (χ4v) is 8.92. The minimum Gasteiger partial charge on any atom is -0.282 e. The third-order valence-corrected chi connectivity index (χ3v) is 12.0. The summed E-state index contributed by atoms with van der Waals surface area (Å²) in [5.41, 5.74) is 16.1. The summed E-state index contributed by atoms with van der Waals surface area (Å²) in [6, 6.07) is 71.0. The van der Waals surface area contributed by atoms with E-state index in [0.717, 1.165) is 38.9 Å². The van der Waals surface area contributed by atoms with Crippen molar-refractivity contribution in [2.24, 2.45) is 4.99 Å². The molecule has 0 heterocycles. The van der Waals surface area contributed by atoms with E-state index in [9.17, 15) is 0 Å². The zero-order valence-electron chi connectivity index (χ0n) is 33.2. The molecule has 280 valence electrons. The fraction of sp³-hybridized carbons (Fsp3) is 0.0526. The van der Waals surface area contributed by atoms with Gasteiger partial charge in [0.05, 0.1) is 5.71 Å². The number of amidine groups is 1. The summed E-state index contributed by atoms with van der Waals surface area (Å²) in [7, 11) is 0. The van der Waals surface area contributed by atoms with Gasteiger partial charge in [0.25, 0.3) is 0 Å². The van der Waals surface area contributed by atoms with Gasteiger partial charge in [-0.25, -0.2) is 4.99 Å². The van der Waals surface area contributed by atoms with Gasteiger partial charge in [-0.1, -0.05) is 208 Å². The van der Waals surface area contributed by atoms with Crippen LogP contribution in [0.25, 0.3) is 72.1 Å². The van der Waals surface area contributed by atoms with Crippen molar-refractivity contribution < 1.29 is 0 Å². The highest BCUT2D eigenvalue weighted by Gasteiger charge is 2.36. The van der Waals surface area contributed by atoms with Gasteiger partial charge in [0.1, 0.15) is 0 Å². The average molecular weight is 755 g/mol. The summed E-state index contributed by atoms with van der Waals surface area (Å²) in [6.07, 6.45) is 4.20. The van der Waals surface area contributed by atoms with Crippen LogP contribution in [0.1, 0.15) is 41.7 Å². The van der Waals surface area contributed by atoms with Crippen LogP contribution in [0, 0.1) is 5.41 Å². The summed E-state index contributed by atoms with van der Waals surface area (Å²) in [6.45, 7) is 4.67. The van der Waals surface area contributed by atoms with Crippen LogP contribution in [-0.2, 0) is 5.41 Å². The molecule has 0 atom stereocenters. The number of nitrogens with zero attached hydrogens (tertiary/aromatic N) is 1. The number of hydrogen-bond acceptors (Lipinski definition) is 1. The molecule has 0 aliphatic heterocycles. The van der Waals surface area contributed by atoms with Gasteiger partial charge < -0.3 is 0 Å². The van der Waals surface area contributed by atoms with E-state index < -0.39 is 0 Å². The Labute approximate surface area is 346 Å². The Morgan fingerprint density at radius 3 is 1.90 bits per heavy atom. The molecule has 59 heavy (non-hydrogen) atoms. The molecule has 0 unspecified atom stereocenters. The van der Waals surface area contributed by atoms with E-state index in [1.807, 2.05) is 30.3 Å². The summed E-state index contributed by atoms with van der Waals surface area (Å²) in [5.74, 6) is 0.221. The van der Waals surface area contributed by atoms with Gasteiger partial charge in [-0.2, -0.15) is 0 Å². The zero-order chi connectivity index (χ0) is 39.9. The van der Waals surface area contributed by atoms with Crippen molar-refractivity contribution in [3.05, 3.63) is 234 Å². The lowest BCUT2D eigenvalue weighted by atomic mass is 9.82. The molecule has 1 aliphatic rings. The van der Waals surface area contributed by atoms with E-state index in [1.165, 1.54) is 60.7 Å². The van der Waals surface area contributed by atoms with Crippen molar-refractivity contribution in [2.45, 2.75) is 19.3 Å². The lowest BCUT2D eigenvalue weighted by molar-refractivity contribution is 0.660. The standard InChI is InChI=1S/C57H42N2/c1-57(2)52-24-11-10-22-51(52)55-49(23-13-25-53(55)57)41-29-27-39(28-30-41)48-34-32-40(47-20-8-9-21-50(47)48)33-35-54(59-56(58)42-15-4-3-5-16-42)46-19-12-18-44(37-46)45-31-26-38-14-6-7-17-43(38)36-45/h3-37,58H,1-2H3/b35-33+,58-56?,59-54?. The number of rotatable bonds is 7. The van der Waals surface area contributed by atoms with Gasteiger partial charge in [-0.15, -0.1) is 0 Å². The first-order chi connectivity index (χ1) is 28.9. The molecule has 9 aromatic carbocycles. The number of nitrogens with one attached hydrogen (secondary N) is 1. The van der Waals surface area contributed by atoms with Gasteiger partial charge in [-0.05, 0) is 101 Å². The predicted molar refractivity (Wildman–Crippen MR) is 251 cm³/mol. The molecule has 0 saturated heterocycles.